The van der Waals surface area contributed by atoms with Crippen molar-refractivity contribution >= 4 is 22.9 Å². The van der Waals surface area contributed by atoms with Crippen molar-refractivity contribution in [3.05, 3.63) is 29.8 Å². The summed E-state index contributed by atoms with van der Waals surface area (Å²) >= 11 is 0. The predicted molar refractivity (Wildman–Crippen MR) is 147 cm³/mol. The highest BCUT2D eigenvalue weighted by Crippen LogP contribution is 2.39. The molecule has 0 fully saturated rings. The molecule has 0 radical (unpaired) electrons. The molecule has 3 atom stereocenters. The highest BCUT2D eigenvalue weighted by molar-refractivity contribution is 6.74. The second kappa shape index (κ2) is 12.3. The van der Waals surface area contributed by atoms with Gasteiger partial charge in [-0.1, -0.05) is 60.6 Å². The summed E-state index contributed by atoms with van der Waals surface area (Å²) in [5.41, 5.74) is 1.07. The fourth-order valence-electron chi connectivity index (χ4n) is 3.06. The Hall–Kier alpha value is -0.996. The number of ether oxygens (including phenoxy) is 2. The average Bonchev–Trinajstić information content (AvgIpc) is 2.72. The minimum absolute atomic E-state index is 0.0267. The molecule has 0 saturated carbocycles. The smallest absolute Gasteiger partial charge is 0.193 e. The molecule has 0 aliphatic carbocycles. The van der Waals surface area contributed by atoms with Crippen LogP contribution in [0.4, 0.5) is 0 Å². The van der Waals surface area contributed by atoms with E-state index in [2.05, 4.69) is 74.7 Å². The van der Waals surface area contributed by atoms with Crippen LogP contribution in [0.25, 0.3) is 0 Å². The summed E-state index contributed by atoms with van der Waals surface area (Å²) in [6, 6.07) is 7.89. The third-order valence-corrected chi connectivity index (χ3v) is 16.8. The van der Waals surface area contributed by atoms with E-state index >= 15 is 0 Å². The van der Waals surface area contributed by atoms with Crippen molar-refractivity contribution in [3.63, 3.8) is 0 Å². The van der Waals surface area contributed by atoms with Crippen LogP contribution in [0.15, 0.2) is 24.3 Å². The first-order valence-corrected chi connectivity index (χ1v) is 18.3. The molecule has 5 nitrogen and oxygen atoms in total. The van der Waals surface area contributed by atoms with E-state index in [0.29, 0.717) is 13.2 Å². The van der Waals surface area contributed by atoms with E-state index in [4.69, 9.17) is 18.3 Å². The van der Waals surface area contributed by atoms with Crippen molar-refractivity contribution in [1.82, 2.24) is 0 Å². The second-order valence-corrected chi connectivity index (χ2v) is 22.0. The van der Waals surface area contributed by atoms with Gasteiger partial charge in [0.1, 0.15) is 18.1 Å². The Morgan fingerprint density at radius 1 is 0.912 bits per heavy atom. The molecule has 0 N–H and O–H groups in total. The minimum Gasteiger partial charge on any atom is -0.497 e. The van der Waals surface area contributed by atoms with Crippen LogP contribution in [0.3, 0.4) is 0 Å². The number of carbonyl (C=O) groups is 1. The highest BCUT2D eigenvalue weighted by atomic mass is 28.4. The Kier molecular flexibility index (Phi) is 11.2. The van der Waals surface area contributed by atoms with E-state index in [9.17, 15) is 4.79 Å². The fourth-order valence-corrected chi connectivity index (χ4v) is 5.42. The van der Waals surface area contributed by atoms with Gasteiger partial charge in [-0.05, 0) is 60.4 Å². The van der Waals surface area contributed by atoms with Gasteiger partial charge >= 0.3 is 0 Å². The Balaban J connectivity index is 3.01. The zero-order valence-electron chi connectivity index (χ0n) is 23.8. The largest absolute Gasteiger partial charge is 0.497 e. The molecule has 7 heteroatoms. The molecule has 34 heavy (non-hydrogen) atoms. The number of hydrogen-bond donors (Lipinski definition) is 0. The molecule has 0 amide bonds. The van der Waals surface area contributed by atoms with Crippen LogP contribution in [-0.2, 0) is 25.0 Å². The summed E-state index contributed by atoms with van der Waals surface area (Å²) in [4.78, 5) is 12.2. The van der Waals surface area contributed by atoms with Crippen molar-refractivity contribution < 1.29 is 23.1 Å². The molecule has 0 heterocycles. The molecule has 1 rings (SSSR count). The minimum atomic E-state index is -2.11. The van der Waals surface area contributed by atoms with Gasteiger partial charge in [0, 0.05) is 12.5 Å². The van der Waals surface area contributed by atoms with Crippen LogP contribution in [0.1, 0.15) is 60.5 Å². The van der Waals surface area contributed by atoms with Gasteiger partial charge in [-0.2, -0.15) is 0 Å². The lowest BCUT2D eigenvalue weighted by atomic mass is 9.96. The second-order valence-electron chi connectivity index (χ2n) is 12.4. The van der Waals surface area contributed by atoms with Gasteiger partial charge in [0.05, 0.1) is 19.8 Å². The summed E-state index contributed by atoms with van der Waals surface area (Å²) in [5.74, 6) is 0.730. The van der Waals surface area contributed by atoms with Gasteiger partial charge in [-0.15, -0.1) is 0 Å². The van der Waals surface area contributed by atoms with Crippen LogP contribution < -0.4 is 4.74 Å². The molecule has 0 spiro atoms. The van der Waals surface area contributed by atoms with Crippen LogP contribution in [-0.4, -0.2) is 48.8 Å². The summed E-state index contributed by atoms with van der Waals surface area (Å²) < 4.78 is 24.6. The lowest BCUT2D eigenvalue weighted by Gasteiger charge is -2.41. The Labute approximate surface area is 211 Å². The van der Waals surface area contributed by atoms with Crippen LogP contribution >= 0.6 is 0 Å². The Morgan fingerprint density at radius 3 is 1.88 bits per heavy atom. The molecule has 196 valence electrons. The van der Waals surface area contributed by atoms with Gasteiger partial charge < -0.3 is 23.1 Å². The van der Waals surface area contributed by atoms with E-state index in [1.807, 2.05) is 24.3 Å². The number of carbonyl (C=O) groups excluding carboxylic acids is 1. The molecule has 0 bridgehead atoms. The predicted octanol–water partition coefficient (Wildman–Crippen LogP) is 7.22. The van der Waals surface area contributed by atoms with E-state index in [0.717, 1.165) is 24.0 Å². The topological polar surface area (TPSA) is 54.0 Å². The number of benzene rings is 1. The van der Waals surface area contributed by atoms with Crippen molar-refractivity contribution in [2.24, 2.45) is 5.92 Å². The molecule has 0 aliphatic rings. The van der Waals surface area contributed by atoms with E-state index in [1.165, 1.54) is 0 Å². The Bertz CT molecular complexity index is 748. The zero-order chi connectivity index (χ0) is 26.4. The van der Waals surface area contributed by atoms with Crippen molar-refractivity contribution in [3.8, 4) is 5.75 Å². The Morgan fingerprint density at radius 2 is 1.44 bits per heavy atom. The molecule has 1 aromatic rings. The summed E-state index contributed by atoms with van der Waals surface area (Å²) in [7, 11) is -2.31. The molecule has 0 saturated heterocycles. The SMILES string of the molecule is COc1ccc(CO[C@@H](CCO[Si](C)(C)C(C)(C)C)[C@@H](C)[C@@H](C=O)O[Si](C)(C)C(C)(C)C)cc1. The zero-order valence-corrected chi connectivity index (χ0v) is 25.8. The maximum Gasteiger partial charge on any atom is 0.193 e. The standard InChI is InChI=1S/C27H50O5Si2/c1-21(25(19-28)32-34(11,12)27(5,6)7)24(17-18-31-33(9,10)26(2,3)4)30-20-22-13-15-23(29-8)16-14-22/h13-16,19,21,24-25H,17-18,20H2,1-12H3/t21-,24+,25-/m1/s1. The monoisotopic (exact) mass is 510 g/mol. The van der Waals surface area contributed by atoms with Crippen LogP contribution in [0, 0.1) is 5.92 Å². The van der Waals surface area contributed by atoms with E-state index in [1.54, 1.807) is 7.11 Å². The van der Waals surface area contributed by atoms with Gasteiger partial charge in [0.25, 0.3) is 0 Å². The van der Waals surface area contributed by atoms with E-state index in [-0.39, 0.29) is 22.1 Å². The fraction of sp³-hybridized carbons (Fsp3) is 0.741. The quantitative estimate of drug-likeness (QED) is 0.207. The van der Waals surface area contributed by atoms with Crippen LogP contribution in [0.5, 0.6) is 5.75 Å². The normalized spacial score (nSPS) is 16.1. The lowest BCUT2D eigenvalue weighted by Crippen LogP contribution is -2.48. The van der Waals surface area contributed by atoms with E-state index < -0.39 is 22.7 Å². The van der Waals surface area contributed by atoms with Crippen molar-refractivity contribution in [2.45, 2.75) is 110 Å². The van der Waals surface area contributed by atoms with Crippen molar-refractivity contribution in [1.29, 1.82) is 0 Å². The molecule has 1 aromatic carbocycles. The van der Waals surface area contributed by atoms with Gasteiger partial charge in [-0.25, -0.2) is 0 Å². The molecule has 0 aromatic heterocycles. The molecular formula is C27H50O5Si2. The van der Waals surface area contributed by atoms with Crippen molar-refractivity contribution in [2.75, 3.05) is 13.7 Å². The molecule has 0 unspecified atom stereocenters. The number of aldehydes is 1. The number of hydrogen-bond acceptors (Lipinski definition) is 5. The maximum absolute atomic E-state index is 12.2. The van der Waals surface area contributed by atoms with Gasteiger partial charge in [-0.3, -0.25) is 0 Å². The number of methoxy groups -OCH3 is 1. The average molecular weight is 511 g/mol. The van der Waals surface area contributed by atoms with Gasteiger partial charge in [0.2, 0.25) is 0 Å². The summed E-state index contributed by atoms with van der Waals surface area (Å²) in [5, 5.41) is 0.174. The first-order valence-electron chi connectivity index (χ1n) is 12.5. The first kappa shape index (κ1) is 31.0. The third kappa shape index (κ3) is 8.90. The highest BCUT2D eigenvalue weighted by Gasteiger charge is 2.42. The van der Waals surface area contributed by atoms with Gasteiger partial charge in [0.15, 0.2) is 16.6 Å². The third-order valence-electron chi connectivity index (χ3n) is 7.77. The summed E-state index contributed by atoms with van der Waals surface area (Å²) in [6.07, 6.45) is 1.01. The first-order chi connectivity index (χ1) is 15.4. The molecular weight excluding hydrogens is 460 g/mol. The lowest BCUT2D eigenvalue weighted by molar-refractivity contribution is -0.120. The summed E-state index contributed by atoms with van der Waals surface area (Å²) in [6.45, 7) is 25.3. The maximum atomic E-state index is 12.2. The molecule has 0 aliphatic heterocycles. The van der Waals surface area contributed by atoms with Crippen LogP contribution in [0.2, 0.25) is 36.3 Å². The number of rotatable bonds is 13.